The number of carbonyl (C=O) groups excluding carboxylic acids is 3. The number of fused-ring (bicyclic) bond motifs is 1. The molecule has 1 aromatic rings. The third kappa shape index (κ3) is 1.67. The predicted molar refractivity (Wildman–Crippen MR) is 68.2 cm³/mol. The molecule has 0 spiro atoms. The molecule has 0 radical (unpaired) electrons. The van der Waals surface area contributed by atoms with Gasteiger partial charge in [-0.3, -0.25) is 24.6 Å². The molecule has 0 bridgehead atoms. The van der Waals surface area contributed by atoms with Crippen molar-refractivity contribution in [1.82, 2.24) is 10.2 Å². The third-order valence-electron chi connectivity index (χ3n) is 3.67. The lowest BCUT2D eigenvalue weighted by Gasteiger charge is -2.32. The number of nitrogens with zero attached hydrogens (tertiary/aromatic N) is 1. The normalized spacial score (nSPS) is 25.6. The maximum Gasteiger partial charge on any atom is 0.257 e. The van der Waals surface area contributed by atoms with Gasteiger partial charge >= 0.3 is 0 Å². The van der Waals surface area contributed by atoms with Gasteiger partial charge in [-0.25, -0.2) is 0 Å². The molecule has 1 fully saturated rings. The molecule has 0 aliphatic carbocycles. The fraction of sp³-hybridized carbons (Fsp3) is 0.308. The van der Waals surface area contributed by atoms with Crippen LogP contribution in [0, 0.1) is 0 Å². The molecule has 2 unspecified atom stereocenters. The first-order valence-corrected chi connectivity index (χ1v) is 6.23. The number of amides is 3. The highest BCUT2D eigenvalue weighted by atomic mass is 16.3. The van der Waals surface area contributed by atoms with Crippen LogP contribution in [0.25, 0.3) is 0 Å². The Bertz CT molecular complexity index is 628. The van der Waals surface area contributed by atoms with Crippen molar-refractivity contribution in [2.45, 2.75) is 25.1 Å². The Labute approximate surface area is 114 Å². The number of aliphatic hydroxyl groups is 1. The first-order chi connectivity index (χ1) is 9.50. The van der Waals surface area contributed by atoms with Gasteiger partial charge in [0.05, 0.1) is 0 Å². The van der Waals surface area contributed by atoms with Crippen LogP contribution in [-0.2, 0) is 9.59 Å². The first-order valence-electron chi connectivity index (χ1n) is 6.23. The van der Waals surface area contributed by atoms with Crippen LogP contribution in [-0.4, -0.2) is 33.8 Å². The number of rotatable bonds is 1. The van der Waals surface area contributed by atoms with Crippen molar-refractivity contribution in [3.63, 3.8) is 0 Å². The van der Waals surface area contributed by atoms with Gasteiger partial charge in [-0.05, 0) is 18.6 Å². The predicted octanol–water partition coefficient (Wildman–Crippen LogP) is -0.479. The number of hydrogen-bond donors (Lipinski definition) is 3. The van der Waals surface area contributed by atoms with Gasteiger partial charge in [0.15, 0.2) is 6.23 Å². The van der Waals surface area contributed by atoms with E-state index >= 15 is 0 Å². The van der Waals surface area contributed by atoms with Crippen molar-refractivity contribution in [2.75, 3.05) is 5.73 Å². The molecule has 3 rings (SSSR count). The van der Waals surface area contributed by atoms with Crippen LogP contribution in [0.5, 0.6) is 0 Å². The minimum atomic E-state index is -1.26. The van der Waals surface area contributed by atoms with Gasteiger partial charge < -0.3 is 10.8 Å². The van der Waals surface area contributed by atoms with Crippen molar-refractivity contribution in [2.24, 2.45) is 0 Å². The lowest BCUT2D eigenvalue weighted by atomic mass is 10.0. The minimum Gasteiger partial charge on any atom is -0.398 e. The van der Waals surface area contributed by atoms with Crippen LogP contribution >= 0.6 is 0 Å². The van der Waals surface area contributed by atoms with Crippen molar-refractivity contribution >= 4 is 23.4 Å². The summed E-state index contributed by atoms with van der Waals surface area (Å²) in [6, 6.07) is 3.90. The zero-order valence-corrected chi connectivity index (χ0v) is 10.5. The molecule has 1 saturated heterocycles. The van der Waals surface area contributed by atoms with E-state index in [-0.39, 0.29) is 18.7 Å². The number of imide groups is 1. The van der Waals surface area contributed by atoms with E-state index in [1.165, 1.54) is 0 Å². The average Bonchev–Trinajstić information content (AvgIpc) is 2.64. The molecule has 7 nitrogen and oxygen atoms in total. The first kappa shape index (κ1) is 12.6. The maximum absolute atomic E-state index is 12.3. The Kier molecular flexibility index (Phi) is 2.72. The van der Waals surface area contributed by atoms with Crippen LogP contribution in [0.2, 0.25) is 0 Å². The second-order valence-corrected chi connectivity index (χ2v) is 4.86. The van der Waals surface area contributed by atoms with Crippen LogP contribution in [0.3, 0.4) is 0 Å². The number of hydrogen-bond acceptors (Lipinski definition) is 5. The Hall–Kier alpha value is -2.41. The molecule has 104 valence electrons. The van der Waals surface area contributed by atoms with Crippen LogP contribution in [0.4, 0.5) is 5.69 Å². The number of nitrogen functional groups attached to an aromatic ring is 1. The Balaban J connectivity index is 1.98. The number of nitrogens with one attached hydrogen (secondary N) is 1. The van der Waals surface area contributed by atoms with Crippen molar-refractivity contribution in [1.29, 1.82) is 0 Å². The molecular weight excluding hydrogens is 262 g/mol. The second-order valence-electron chi connectivity index (χ2n) is 4.86. The smallest absolute Gasteiger partial charge is 0.257 e. The summed E-state index contributed by atoms with van der Waals surface area (Å²) in [6.45, 7) is 0. The van der Waals surface area contributed by atoms with Gasteiger partial charge in [0.1, 0.15) is 6.04 Å². The summed E-state index contributed by atoms with van der Waals surface area (Å²) in [5.74, 6) is -1.39. The molecule has 0 saturated carbocycles. The molecule has 0 aromatic heterocycles. The van der Waals surface area contributed by atoms with E-state index in [9.17, 15) is 19.5 Å². The summed E-state index contributed by atoms with van der Waals surface area (Å²) < 4.78 is 0. The maximum atomic E-state index is 12.3. The summed E-state index contributed by atoms with van der Waals surface area (Å²) in [5, 5.41) is 12.5. The number of nitrogens with two attached hydrogens (primary N) is 1. The standard InChI is InChI=1S/C13H13N3O4/c14-7-3-1-2-6-10(7)13(20)16(12(6)19)8-4-5-9(17)15-11(8)18/h1-3,8,13,20H,4-5,14H2,(H,15,17,18). The third-order valence-corrected chi connectivity index (χ3v) is 3.67. The molecule has 2 heterocycles. The second kappa shape index (κ2) is 4.31. The number of benzene rings is 1. The van der Waals surface area contributed by atoms with E-state index in [4.69, 9.17) is 5.73 Å². The van der Waals surface area contributed by atoms with E-state index in [2.05, 4.69) is 5.32 Å². The highest BCUT2D eigenvalue weighted by molar-refractivity contribution is 6.06. The Morgan fingerprint density at radius 1 is 1.30 bits per heavy atom. The summed E-state index contributed by atoms with van der Waals surface area (Å²) in [6.07, 6.45) is -0.928. The molecular formula is C13H13N3O4. The lowest BCUT2D eigenvalue weighted by molar-refractivity contribution is -0.139. The van der Waals surface area contributed by atoms with E-state index in [0.717, 1.165) is 4.90 Å². The van der Waals surface area contributed by atoms with Crippen molar-refractivity contribution in [3.8, 4) is 0 Å². The van der Waals surface area contributed by atoms with Crippen LogP contribution in [0.15, 0.2) is 18.2 Å². The highest BCUT2D eigenvalue weighted by Gasteiger charge is 2.44. The Morgan fingerprint density at radius 2 is 2.05 bits per heavy atom. The number of aliphatic hydroxyl groups excluding tert-OH is 1. The largest absolute Gasteiger partial charge is 0.398 e. The fourth-order valence-corrected chi connectivity index (χ4v) is 2.71. The molecule has 2 aliphatic rings. The van der Waals surface area contributed by atoms with Gasteiger partial charge in [-0.1, -0.05) is 6.07 Å². The van der Waals surface area contributed by atoms with E-state index in [0.29, 0.717) is 16.8 Å². The van der Waals surface area contributed by atoms with Gasteiger partial charge in [0.25, 0.3) is 5.91 Å². The summed E-state index contributed by atoms with van der Waals surface area (Å²) in [4.78, 5) is 36.4. The topological polar surface area (TPSA) is 113 Å². The van der Waals surface area contributed by atoms with Gasteiger partial charge in [-0.2, -0.15) is 0 Å². The molecule has 2 atom stereocenters. The lowest BCUT2D eigenvalue weighted by Crippen LogP contribution is -2.53. The summed E-state index contributed by atoms with van der Waals surface area (Å²) >= 11 is 0. The Morgan fingerprint density at radius 3 is 2.70 bits per heavy atom. The average molecular weight is 275 g/mol. The molecule has 2 aliphatic heterocycles. The minimum absolute atomic E-state index is 0.138. The molecule has 1 aromatic carbocycles. The van der Waals surface area contributed by atoms with Crippen molar-refractivity contribution in [3.05, 3.63) is 29.3 Å². The van der Waals surface area contributed by atoms with E-state index < -0.39 is 24.1 Å². The fourth-order valence-electron chi connectivity index (χ4n) is 2.71. The molecule has 4 N–H and O–H groups in total. The molecule has 3 amide bonds. The zero-order valence-electron chi connectivity index (χ0n) is 10.5. The number of anilines is 1. The quantitative estimate of drug-likeness (QED) is 0.473. The summed E-state index contributed by atoms with van der Waals surface area (Å²) in [7, 11) is 0. The van der Waals surface area contributed by atoms with Gasteiger partial charge in [0, 0.05) is 23.2 Å². The molecule has 20 heavy (non-hydrogen) atoms. The zero-order chi connectivity index (χ0) is 14.4. The van der Waals surface area contributed by atoms with Gasteiger partial charge in [0.2, 0.25) is 11.8 Å². The van der Waals surface area contributed by atoms with E-state index in [1.54, 1.807) is 18.2 Å². The number of piperidine rings is 1. The summed E-state index contributed by atoms with van der Waals surface area (Å²) in [5.41, 5.74) is 6.70. The molecule has 7 heteroatoms. The monoisotopic (exact) mass is 275 g/mol. The van der Waals surface area contributed by atoms with E-state index in [1.807, 2.05) is 0 Å². The van der Waals surface area contributed by atoms with Crippen molar-refractivity contribution < 1.29 is 19.5 Å². The SMILES string of the molecule is Nc1cccc2c1C(O)N(C1CCC(=O)NC1=O)C2=O. The van der Waals surface area contributed by atoms with Gasteiger partial charge in [-0.15, -0.1) is 0 Å². The highest BCUT2D eigenvalue weighted by Crippen LogP contribution is 2.38. The van der Waals surface area contributed by atoms with Crippen LogP contribution < -0.4 is 11.1 Å². The van der Waals surface area contributed by atoms with Crippen LogP contribution in [0.1, 0.15) is 35.0 Å². The number of carbonyl (C=O) groups is 3.